The molecule has 10 aromatic carbocycles. The topological polar surface area (TPSA) is 32.9 Å². The molecule has 0 spiro atoms. The zero-order valence-corrected chi connectivity index (χ0v) is 36.1. The molecule has 0 amide bonds. The van der Waals surface area contributed by atoms with E-state index in [4.69, 9.17) is 4.42 Å². The molecule has 0 radical (unpaired) electrons. The highest BCUT2D eigenvalue weighted by Gasteiger charge is 2.23. The van der Waals surface area contributed by atoms with Gasteiger partial charge in [0.2, 0.25) is 5.71 Å². The summed E-state index contributed by atoms with van der Waals surface area (Å²) in [5.41, 5.74) is 16.7. The van der Waals surface area contributed by atoms with Crippen molar-refractivity contribution in [3.8, 4) is 33.9 Å². The molecule has 0 unspecified atom stereocenters. The molecule has 312 valence electrons. The van der Waals surface area contributed by atoms with Gasteiger partial charge in [-0.1, -0.05) is 133 Å². The molecule has 5 nitrogen and oxygen atoms in total. The number of nitrogens with zero attached hydrogens (tertiary/aromatic N) is 4. The van der Waals surface area contributed by atoms with Gasteiger partial charge in [-0.05, 0) is 108 Å². The number of fused-ring (bicyclic) bond motifs is 14. The van der Waals surface area contributed by atoms with Crippen molar-refractivity contribution in [2.75, 3.05) is 0 Å². The fourth-order valence-corrected chi connectivity index (χ4v) is 11.4. The van der Waals surface area contributed by atoms with Crippen LogP contribution in [0.3, 0.4) is 0 Å². The van der Waals surface area contributed by atoms with Crippen LogP contribution in [0.4, 0.5) is 0 Å². The van der Waals surface area contributed by atoms with Crippen LogP contribution in [-0.4, -0.2) is 18.3 Å². The van der Waals surface area contributed by atoms with Gasteiger partial charge in [0, 0.05) is 65.8 Å². The molecular formula is C62H38N4O. The summed E-state index contributed by atoms with van der Waals surface area (Å²) in [6.07, 6.45) is 0. The van der Waals surface area contributed by atoms with Crippen LogP contribution >= 0.6 is 0 Å². The minimum Gasteiger partial charge on any atom is -0.439 e. The minimum atomic E-state index is 0.859. The van der Waals surface area contributed by atoms with Crippen LogP contribution in [0.25, 0.3) is 132 Å². The van der Waals surface area contributed by atoms with Gasteiger partial charge in [-0.3, -0.25) is 4.57 Å². The van der Waals surface area contributed by atoms with E-state index in [0.717, 1.165) is 72.5 Å². The molecule has 0 saturated heterocycles. The second-order valence-corrected chi connectivity index (χ2v) is 17.7. The van der Waals surface area contributed by atoms with Gasteiger partial charge >= 0.3 is 0 Å². The number of hydrogen-bond acceptors (Lipinski definition) is 1. The smallest absolute Gasteiger partial charge is 0.213 e. The molecule has 67 heavy (non-hydrogen) atoms. The number of rotatable bonds is 5. The lowest BCUT2D eigenvalue weighted by Gasteiger charge is -2.12. The molecule has 15 rings (SSSR count). The lowest BCUT2D eigenvalue weighted by molar-refractivity contribution is 0.645. The fraction of sp³-hybridized carbons (Fsp3) is 0. The van der Waals surface area contributed by atoms with Crippen LogP contribution in [0.1, 0.15) is 0 Å². The summed E-state index contributed by atoms with van der Waals surface area (Å²) in [4.78, 5) is 0. The monoisotopic (exact) mass is 854 g/mol. The number of hydrogen-bond donors (Lipinski definition) is 0. The van der Waals surface area contributed by atoms with E-state index in [-0.39, 0.29) is 0 Å². The van der Waals surface area contributed by atoms with Crippen molar-refractivity contribution in [3.63, 3.8) is 0 Å². The number of furan rings is 1. The number of benzene rings is 10. The van der Waals surface area contributed by atoms with Crippen molar-refractivity contribution in [3.05, 3.63) is 231 Å². The normalized spacial score (nSPS) is 12.2. The third-order valence-corrected chi connectivity index (χ3v) is 14.2. The van der Waals surface area contributed by atoms with Crippen molar-refractivity contribution in [1.82, 2.24) is 18.3 Å². The molecule has 0 aliphatic rings. The van der Waals surface area contributed by atoms with Gasteiger partial charge < -0.3 is 18.1 Å². The Morgan fingerprint density at radius 3 is 1.18 bits per heavy atom. The van der Waals surface area contributed by atoms with Crippen LogP contribution in [0.15, 0.2) is 235 Å². The highest BCUT2D eigenvalue weighted by Crippen LogP contribution is 2.44. The number of aromatic nitrogens is 4. The van der Waals surface area contributed by atoms with Crippen molar-refractivity contribution in [2.24, 2.45) is 0 Å². The second kappa shape index (κ2) is 13.7. The molecular weight excluding hydrogens is 817 g/mol. The molecule has 0 bridgehead atoms. The van der Waals surface area contributed by atoms with E-state index < -0.39 is 0 Å². The van der Waals surface area contributed by atoms with Crippen LogP contribution < -0.4 is 0 Å². The fourth-order valence-electron chi connectivity index (χ4n) is 11.4. The summed E-state index contributed by atoms with van der Waals surface area (Å²) in [7, 11) is 0. The van der Waals surface area contributed by atoms with E-state index in [2.05, 4.69) is 249 Å². The summed E-state index contributed by atoms with van der Waals surface area (Å²) in [5.74, 6) is 0. The van der Waals surface area contributed by atoms with Crippen molar-refractivity contribution in [1.29, 1.82) is 0 Å². The van der Waals surface area contributed by atoms with Crippen molar-refractivity contribution >= 4 is 98.4 Å². The third-order valence-electron chi connectivity index (χ3n) is 14.2. The standard InChI is InChI=1S/C62H38N4O/c1-2-15-40(16-3-1)66-56-27-13-8-21-49(56)61-60-44(22-14-28-59(60)67-62(61)66)39-29-31-41(32-30-39)63-57-35-33-42(64-52-23-9-4-17-45(52)46-18-5-10-24-53(46)64)37-50(57)51-38-43(34-36-58(51)63)65-54-25-11-6-19-47(54)48-20-7-12-26-55(48)65/h1-38H. The Kier molecular flexibility index (Phi) is 7.44. The van der Waals surface area contributed by atoms with E-state index in [0.29, 0.717) is 0 Å². The Hall–Kier alpha value is -9.06. The van der Waals surface area contributed by atoms with E-state index in [1.807, 2.05) is 0 Å². The molecule has 5 aromatic heterocycles. The van der Waals surface area contributed by atoms with Gasteiger partial charge in [0.25, 0.3) is 0 Å². The molecule has 5 heterocycles. The van der Waals surface area contributed by atoms with E-state index in [1.165, 1.54) is 59.8 Å². The first-order valence-electron chi connectivity index (χ1n) is 22.9. The minimum absolute atomic E-state index is 0.859. The van der Waals surface area contributed by atoms with Gasteiger partial charge in [-0.15, -0.1) is 0 Å². The lowest BCUT2D eigenvalue weighted by atomic mass is 9.99. The first kappa shape index (κ1) is 36.3. The van der Waals surface area contributed by atoms with Crippen molar-refractivity contribution in [2.45, 2.75) is 0 Å². The first-order valence-corrected chi connectivity index (χ1v) is 22.9. The maximum atomic E-state index is 6.79. The summed E-state index contributed by atoms with van der Waals surface area (Å²) >= 11 is 0. The highest BCUT2D eigenvalue weighted by molar-refractivity contribution is 6.24. The molecule has 15 aromatic rings. The Bertz CT molecular complexity index is 4220. The van der Waals surface area contributed by atoms with Crippen LogP contribution in [0, 0.1) is 0 Å². The summed E-state index contributed by atoms with van der Waals surface area (Å²) < 4.78 is 16.3. The van der Waals surface area contributed by atoms with Gasteiger partial charge in [0.15, 0.2) is 0 Å². The van der Waals surface area contributed by atoms with E-state index in [9.17, 15) is 0 Å². The van der Waals surface area contributed by atoms with Gasteiger partial charge in [0.05, 0.1) is 44.0 Å². The van der Waals surface area contributed by atoms with Gasteiger partial charge in [-0.2, -0.15) is 0 Å². The number of para-hydroxylation sites is 6. The average Bonchev–Trinajstić information content (AvgIpc) is 4.19. The Balaban J connectivity index is 0.946. The van der Waals surface area contributed by atoms with Crippen molar-refractivity contribution < 1.29 is 4.42 Å². The van der Waals surface area contributed by atoms with E-state index in [1.54, 1.807) is 0 Å². The molecule has 0 saturated carbocycles. The summed E-state index contributed by atoms with van der Waals surface area (Å²) in [5, 5.41) is 10.8. The van der Waals surface area contributed by atoms with E-state index >= 15 is 0 Å². The second-order valence-electron chi connectivity index (χ2n) is 17.7. The Morgan fingerprint density at radius 2 is 0.657 bits per heavy atom. The molecule has 0 atom stereocenters. The van der Waals surface area contributed by atoms with Crippen LogP contribution in [0.2, 0.25) is 0 Å². The SMILES string of the molecule is c1ccc(-n2c3ccccc3c3c4c(-c5ccc(-n6c7ccc(-n8c9ccccc9c9ccccc98)cc7c7cc(-n8c9ccccc9c9ccccc98)ccc76)cc5)cccc4oc32)cc1. The molecule has 0 N–H and O–H groups in total. The van der Waals surface area contributed by atoms with Crippen LogP contribution in [-0.2, 0) is 0 Å². The Morgan fingerprint density at radius 1 is 0.254 bits per heavy atom. The molecule has 0 aliphatic carbocycles. The largest absolute Gasteiger partial charge is 0.439 e. The maximum absolute atomic E-state index is 6.79. The highest BCUT2D eigenvalue weighted by atomic mass is 16.3. The van der Waals surface area contributed by atoms with Gasteiger partial charge in [-0.25, -0.2) is 0 Å². The predicted molar refractivity (Wildman–Crippen MR) is 279 cm³/mol. The Labute approximate surface area is 383 Å². The lowest BCUT2D eigenvalue weighted by Crippen LogP contribution is -1.96. The average molecular weight is 855 g/mol. The maximum Gasteiger partial charge on any atom is 0.213 e. The first-order chi connectivity index (χ1) is 33.3. The summed E-state index contributed by atoms with van der Waals surface area (Å²) in [6.45, 7) is 0. The quantitative estimate of drug-likeness (QED) is 0.170. The molecule has 0 fully saturated rings. The zero-order valence-electron chi connectivity index (χ0n) is 36.1. The zero-order chi connectivity index (χ0) is 43.7. The predicted octanol–water partition coefficient (Wildman–Crippen LogP) is 16.5. The van der Waals surface area contributed by atoms with Crippen LogP contribution in [0.5, 0.6) is 0 Å². The summed E-state index contributed by atoms with van der Waals surface area (Å²) in [6, 6.07) is 83.7. The molecule has 0 aliphatic heterocycles. The molecule has 5 heteroatoms. The third kappa shape index (κ3) is 5.08. The van der Waals surface area contributed by atoms with Gasteiger partial charge in [0.1, 0.15) is 5.58 Å².